The van der Waals surface area contributed by atoms with Crippen molar-refractivity contribution < 1.29 is 33.6 Å². The second-order valence-electron chi connectivity index (χ2n) is 6.40. The number of carbonyl (C=O) groups is 4. The van der Waals surface area contributed by atoms with Crippen LogP contribution < -0.4 is 0 Å². The van der Waals surface area contributed by atoms with Crippen LogP contribution in [-0.2, 0) is 19.1 Å². The summed E-state index contributed by atoms with van der Waals surface area (Å²) >= 11 is 0. The summed E-state index contributed by atoms with van der Waals surface area (Å²) in [4.78, 5) is 58.6. The van der Waals surface area contributed by atoms with Crippen molar-refractivity contribution in [2.45, 2.75) is 26.4 Å². The van der Waals surface area contributed by atoms with Crippen LogP contribution in [0.1, 0.15) is 41.5 Å². The molecule has 0 aliphatic carbocycles. The minimum absolute atomic E-state index is 0.163. The number of hydrogen-bond acceptors (Lipinski definition) is 8. The van der Waals surface area contributed by atoms with Gasteiger partial charge in [0.05, 0.1) is 10.5 Å². The molecule has 0 unspecified atom stereocenters. The molecule has 0 saturated heterocycles. The molecule has 2 amide bonds. The maximum atomic E-state index is 12.3. The number of fused-ring (bicyclic) bond motifs is 1. The Bertz CT molecular complexity index is 809. The quantitative estimate of drug-likeness (QED) is 0.328. The fourth-order valence-electron chi connectivity index (χ4n) is 2.30. The highest BCUT2D eigenvalue weighted by atomic mass is 16.6. The number of carbonyl (C=O) groups excluding carboxylic acids is 4. The van der Waals surface area contributed by atoms with Crippen molar-refractivity contribution >= 4 is 29.4 Å². The van der Waals surface area contributed by atoms with Crippen molar-refractivity contribution in [3.63, 3.8) is 0 Å². The Morgan fingerprint density at radius 1 is 1.15 bits per heavy atom. The van der Waals surface area contributed by atoms with E-state index in [-0.39, 0.29) is 11.1 Å². The number of hydrogen-bond donors (Lipinski definition) is 0. The van der Waals surface area contributed by atoms with Crippen molar-refractivity contribution in [3.05, 3.63) is 39.4 Å². The van der Waals surface area contributed by atoms with E-state index in [0.717, 1.165) is 6.07 Å². The highest BCUT2D eigenvalue weighted by molar-refractivity contribution is 6.24. The summed E-state index contributed by atoms with van der Waals surface area (Å²) in [5.74, 6) is -3.62. The van der Waals surface area contributed by atoms with Gasteiger partial charge in [0, 0.05) is 6.07 Å². The van der Waals surface area contributed by atoms with Crippen LogP contribution >= 0.6 is 0 Å². The second kappa shape index (κ2) is 6.90. The molecule has 1 aromatic carbocycles. The lowest BCUT2D eigenvalue weighted by molar-refractivity contribution is -0.385. The van der Waals surface area contributed by atoms with Gasteiger partial charge in [-0.15, -0.1) is 0 Å². The number of esters is 2. The zero-order chi connectivity index (χ0) is 19.6. The molecule has 1 heterocycles. The van der Waals surface area contributed by atoms with Crippen molar-refractivity contribution in [3.8, 4) is 0 Å². The first kappa shape index (κ1) is 19.0. The molecule has 0 fully saturated rings. The fourth-order valence-corrected chi connectivity index (χ4v) is 2.30. The molecule has 0 bridgehead atoms. The summed E-state index contributed by atoms with van der Waals surface area (Å²) in [5, 5.41) is 11.0. The molecule has 0 saturated carbocycles. The van der Waals surface area contributed by atoms with Gasteiger partial charge in [0.25, 0.3) is 17.5 Å². The lowest BCUT2D eigenvalue weighted by atomic mass is 10.1. The molecule has 1 aromatic rings. The Morgan fingerprint density at radius 3 is 2.38 bits per heavy atom. The number of nitro groups is 1. The Kier molecular flexibility index (Phi) is 5.05. The smallest absolute Gasteiger partial charge is 0.344 e. The van der Waals surface area contributed by atoms with Gasteiger partial charge in [0.2, 0.25) is 0 Å². The first-order valence-electron chi connectivity index (χ1n) is 7.52. The van der Waals surface area contributed by atoms with Crippen LogP contribution in [0.4, 0.5) is 5.69 Å². The van der Waals surface area contributed by atoms with E-state index in [9.17, 15) is 29.3 Å². The lowest BCUT2D eigenvalue weighted by Gasteiger charge is -2.19. The van der Waals surface area contributed by atoms with Gasteiger partial charge in [0.1, 0.15) is 17.7 Å². The molecule has 0 N–H and O–H groups in total. The van der Waals surface area contributed by atoms with Gasteiger partial charge in [-0.1, -0.05) is 6.07 Å². The topological polar surface area (TPSA) is 133 Å². The largest absolute Gasteiger partial charge is 0.457 e. The van der Waals surface area contributed by atoms with Gasteiger partial charge >= 0.3 is 11.9 Å². The van der Waals surface area contributed by atoms with Crippen LogP contribution in [0.2, 0.25) is 0 Å². The van der Waals surface area contributed by atoms with Gasteiger partial charge in [-0.25, -0.2) is 4.79 Å². The second-order valence-corrected chi connectivity index (χ2v) is 6.40. The van der Waals surface area contributed by atoms with E-state index in [1.807, 2.05) is 0 Å². The summed E-state index contributed by atoms with van der Waals surface area (Å²) in [6, 6.07) is 3.62. The van der Waals surface area contributed by atoms with Gasteiger partial charge in [0.15, 0.2) is 6.61 Å². The third-order valence-corrected chi connectivity index (χ3v) is 3.23. The minimum Gasteiger partial charge on any atom is -0.457 e. The Balaban J connectivity index is 2.05. The molecule has 138 valence electrons. The first-order chi connectivity index (χ1) is 12.0. The normalized spacial score (nSPS) is 13.4. The number of nitro benzene ring substituents is 1. The number of imide groups is 1. The predicted octanol–water partition coefficient (Wildman–Crippen LogP) is 1.08. The maximum Gasteiger partial charge on any atom is 0.344 e. The van der Waals surface area contributed by atoms with Crippen LogP contribution in [0.5, 0.6) is 0 Å². The van der Waals surface area contributed by atoms with E-state index in [2.05, 4.69) is 0 Å². The van der Waals surface area contributed by atoms with E-state index in [1.54, 1.807) is 20.8 Å². The van der Waals surface area contributed by atoms with E-state index in [0.29, 0.717) is 4.90 Å². The minimum atomic E-state index is -1.02. The third kappa shape index (κ3) is 4.02. The standard InChI is InChI=1S/C16H16N2O8/c1-16(2,3)26-12(20)8-25-11(19)7-17-14(21)9-5-4-6-10(18(23)24)13(9)15(17)22/h4-6H,7-8H2,1-3H3. The van der Waals surface area contributed by atoms with E-state index in [1.165, 1.54) is 12.1 Å². The maximum absolute atomic E-state index is 12.3. The Hall–Kier alpha value is -3.30. The SMILES string of the molecule is CC(C)(C)OC(=O)COC(=O)CN1C(=O)c2cccc([N+](=O)[O-])c2C1=O. The first-order valence-corrected chi connectivity index (χ1v) is 7.52. The molecule has 26 heavy (non-hydrogen) atoms. The number of nitrogens with zero attached hydrogens (tertiary/aromatic N) is 2. The number of rotatable bonds is 5. The molecular formula is C16H16N2O8. The highest BCUT2D eigenvalue weighted by Crippen LogP contribution is 2.30. The number of benzene rings is 1. The monoisotopic (exact) mass is 364 g/mol. The van der Waals surface area contributed by atoms with Crippen molar-refractivity contribution in [1.29, 1.82) is 0 Å². The fraction of sp³-hybridized carbons (Fsp3) is 0.375. The molecule has 0 aromatic heterocycles. The van der Waals surface area contributed by atoms with Crippen LogP contribution in [0.3, 0.4) is 0 Å². The molecule has 2 rings (SSSR count). The third-order valence-electron chi connectivity index (χ3n) is 3.23. The molecule has 1 aliphatic heterocycles. The van der Waals surface area contributed by atoms with Gasteiger partial charge in [-0.05, 0) is 26.8 Å². The molecule has 10 heteroatoms. The summed E-state index contributed by atoms with van der Waals surface area (Å²) in [7, 11) is 0. The van der Waals surface area contributed by atoms with E-state index < -0.39 is 53.1 Å². The molecule has 0 spiro atoms. The van der Waals surface area contributed by atoms with Gasteiger partial charge < -0.3 is 9.47 Å². The zero-order valence-corrected chi connectivity index (χ0v) is 14.3. The molecule has 1 aliphatic rings. The molecular weight excluding hydrogens is 348 g/mol. The highest BCUT2D eigenvalue weighted by Gasteiger charge is 2.42. The van der Waals surface area contributed by atoms with E-state index in [4.69, 9.17) is 9.47 Å². The van der Waals surface area contributed by atoms with E-state index >= 15 is 0 Å². The summed E-state index contributed by atoms with van der Waals surface area (Å²) in [6.07, 6.45) is 0. The van der Waals surface area contributed by atoms with Crippen molar-refractivity contribution in [2.75, 3.05) is 13.2 Å². The summed E-state index contributed by atoms with van der Waals surface area (Å²) in [6.45, 7) is 3.46. The summed E-state index contributed by atoms with van der Waals surface area (Å²) in [5.41, 5.74) is -1.82. The molecule has 10 nitrogen and oxygen atoms in total. The number of amides is 2. The van der Waals surface area contributed by atoms with Crippen LogP contribution in [0.15, 0.2) is 18.2 Å². The van der Waals surface area contributed by atoms with Crippen LogP contribution in [0.25, 0.3) is 0 Å². The predicted molar refractivity (Wildman–Crippen MR) is 85.3 cm³/mol. The van der Waals surface area contributed by atoms with Crippen molar-refractivity contribution in [2.24, 2.45) is 0 Å². The van der Waals surface area contributed by atoms with Crippen LogP contribution in [0, 0.1) is 10.1 Å². The number of ether oxygens (including phenoxy) is 2. The zero-order valence-electron chi connectivity index (χ0n) is 14.3. The Morgan fingerprint density at radius 2 is 1.81 bits per heavy atom. The van der Waals surface area contributed by atoms with Crippen molar-refractivity contribution in [1.82, 2.24) is 4.90 Å². The van der Waals surface area contributed by atoms with Gasteiger partial charge in [-0.3, -0.25) is 29.4 Å². The van der Waals surface area contributed by atoms with Crippen LogP contribution in [-0.4, -0.2) is 52.3 Å². The van der Waals surface area contributed by atoms with Gasteiger partial charge in [-0.2, -0.15) is 0 Å². The average Bonchev–Trinajstić information content (AvgIpc) is 2.76. The molecule has 0 atom stereocenters. The average molecular weight is 364 g/mol. The lowest BCUT2D eigenvalue weighted by Crippen LogP contribution is -2.36. The molecule has 0 radical (unpaired) electrons. The summed E-state index contributed by atoms with van der Waals surface area (Å²) < 4.78 is 9.65. The Labute approximate surface area is 147 Å².